The molecule has 0 aliphatic heterocycles. The van der Waals surface area contributed by atoms with Gasteiger partial charge in [-0.05, 0) is 18.9 Å². The normalized spacial score (nSPS) is 11.3. The van der Waals surface area contributed by atoms with E-state index < -0.39 is 11.9 Å². The van der Waals surface area contributed by atoms with Crippen LogP contribution in [0.2, 0.25) is 5.85 Å². The molecular formula is C24H46Hg2O4. The van der Waals surface area contributed by atoms with Crippen LogP contribution in [0.5, 0.6) is 0 Å². The molecule has 4 nitrogen and oxygen atoms in total. The third-order valence-corrected chi connectivity index (χ3v) is 3.06. The molecule has 0 saturated carbocycles. The molecule has 0 heterocycles. The van der Waals surface area contributed by atoms with Crippen LogP contribution in [0, 0.1) is 0 Å². The second kappa shape index (κ2) is 22.7. The molecular weight excluding hydrogens is 753 g/mol. The van der Waals surface area contributed by atoms with Crippen molar-refractivity contribution >= 4 is 11.9 Å². The molecule has 0 spiro atoms. The van der Waals surface area contributed by atoms with Gasteiger partial charge in [-0.3, -0.25) is 9.59 Å². The fraction of sp³-hybridized carbons (Fsp3) is 0.833. The number of carbonyl (C=O) groups is 2. The number of allylic oxidation sites excluding steroid dienone is 1. The van der Waals surface area contributed by atoms with Gasteiger partial charge in [-0.1, -0.05) is 51.9 Å². The van der Waals surface area contributed by atoms with E-state index in [-0.39, 0.29) is 12.8 Å². The van der Waals surface area contributed by atoms with E-state index in [2.05, 4.69) is 48.5 Å². The van der Waals surface area contributed by atoms with E-state index in [1.54, 1.807) is 0 Å². The van der Waals surface area contributed by atoms with Crippen molar-refractivity contribution in [3.05, 3.63) is 12.3 Å². The Labute approximate surface area is 219 Å². The van der Waals surface area contributed by atoms with Gasteiger partial charge in [0, 0.05) is 0 Å². The molecule has 0 radical (unpaired) electrons. The number of ether oxygens (including phenoxy) is 1. The minimum atomic E-state index is -0.982. The molecule has 0 amide bonds. The van der Waals surface area contributed by atoms with E-state index in [0.29, 0.717) is 5.85 Å². The number of unbranched alkanes of at least 4 members (excludes halogenated alkanes) is 8. The van der Waals surface area contributed by atoms with Crippen molar-refractivity contribution in [3.63, 3.8) is 0 Å². The van der Waals surface area contributed by atoms with Gasteiger partial charge in [-0.2, -0.15) is 0 Å². The van der Waals surface area contributed by atoms with Crippen LogP contribution in [0.25, 0.3) is 0 Å². The first-order valence-electron chi connectivity index (χ1n) is 11.4. The fourth-order valence-electron chi connectivity index (χ4n) is 1.86. The van der Waals surface area contributed by atoms with Crippen LogP contribution in [-0.2, 0) is 66.6 Å². The summed E-state index contributed by atoms with van der Waals surface area (Å²) in [5, 5.41) is 8.40. The van der Waals surface area contributed by atoms with Crippen LogP contribution in [0.15, 0.2) is 12.3 Å². The molecule has 1 N–H and O–H groups in total. The van der Waals surface area contributed by atoms with Crippen molar-refractivity contribution in [2.75, 3.05) is 0 Å². The number of esters is 1. The van der Waals surface area contributed by atoms with Crippen LogP contribution < -0.4 is 0 Å². The van der Waals surface area contributed by atoms with Gasteiger partial charge in [0.15, 0.2) is 0 Å². The Hall–Kier alpha value is 0.550. The summed E-state index contributed by atoms with van der Waals surface area (Å²) < 4.78 is 6.17. The molecule has 0 aromatic carbocycles. The van der Waals surface area contributed by atoms with Crippen molar-refractivity contribution in [2.24, 2.45) is 0 Å². The molecule has 0 aliphatic rings. The zero-order valence-electron chi connectivity index (χ0n) is 21.0. The van der Waals surface area contributed by atoms with Crippen molar-refractivity contribution in [1.82, 2.24) is 0 Å². The van der Waals surface area contributed by atoms with Crippen LogP contribution in [0.4, 0.5) is 0 Å². The fourth-order valence-corrected chi connectivity index (χ4v) is 1.86. The SMILES string of the molecule is CCCCCCCCCCC=COC(=O)CCC(=O)O.C[C](C)(C)[Hg].C[C](C)(C)[Hg]. The van der Waals surface area contributed by atoms with Crippen molar-refractivity contribution in [3.8, 4) is 0 Å². The van der Waals surface area contributed by atoms with Gasteiger partial charge in [0.1, 0.15) is 0 Å². The zero-order chi connectivity index (χ0) is 24.1. The van der Waals surface area contributed by atoms with Crippen molar-refractivity contribution in [1.29, 1.82) is 0 Å². The summed E-state index contributed by atoms with van der Waals surface area (Å²) in [5.74, 6) is -1.47. The molecule has 6 heteroatoms. The van der Waals surface area contributed by atoms with E-state index in [1.807, 2.05) is 6.08 Å². The zero-order valence-corrected chi connectivity index (χ0v) is 32.0. The Morgan fingerprint density at radius 2 is 1.20 bits per heavy atom. The Bertz CT molecular complexity index is 411. The third-order valence-electron chi connectivity index (χ3n) is 3.06. The summed E-state index contributed by atoms with van der Waals surface area (Å²) in [6.07, 6.45) is 14.1. The second-order valence-corrected chi connectivity index (χ2v) is 26.6. The molecule has 0 fully saturated rings. The van der Waals surface area contributed by atoms with Crippen LogP contribution in [0.3, 0.4) is 0 Å². The average molecular weight is 800 g/mol. The molecule has 0 unspecified atom stereocenters. The first-order chi connectivity index (χ1) is 13.7. The summed E-state index contributed by atoms with van der Waals surface area (Å²) in [6, 6.07) is 0. The topological polar surface area (TPSA) is 63.6 Å². The van der Waals surface area contributed by atoms with Crippen molar-refractivity contribution in [2.45, 2.75) is 125 Å². The van der Waals surface area contributed by atoms with Gasteiger partial charge in [0.05, 0.1) is 19.1 Å². The second-order valence-electron chi connectivity index (χ2n) is 10.1. The summed E-state index contributed by atoms with van der Waals surface area (Å²) in [7, 11) is 0. The van der Waals surface area contributed by atoms with Gasteiger partial charge < -0.3 is 9.84 Å². The van der Waals surface area contributed by atoms with Crippen molar-refractivity contribution < 1.29 is 71.7 Å². The monoisotopic (exact) mass is 802 g/mol. The van der Waals surface area contributed by atoms with E-state index in [1.165, 1.54) is 51.2 Å². The van der Waals surface area contributed by atoms with Gasteiger partial charge in [-0.15, -0.1) is 0 Å². The Kier molecular flexibility index (Phi) is 26.6. The predicted octanol–water partition coefficient (Wildman–Crippen LogP) is 7.94. The van der Waals surface area contributed by atoms with Crippen LogP contribution in [0.1, 0.15) is 119 Å². The molecule has 0 aliphatic carbocycles. The molecule has 0 aromatic rings. The molecule has 0 aromatic heterocycles. The first kappa shape index (κ1) is 35.1. The van der Waals surface area contributed by atoms with Gasteiger partial charge >= 0.3 is 112 Å². The molecule has 0 bridgehead atoms. The van der Waals surface area contributed by atoms with Gasteiger partial charge in [0.25, 0.3) is 0 Å². The Balaban J connectivity index is -0.000000599. The predicted molar refractivity (Wildman–Crippen MR) is 119 cm³/mol. The summed E-state index contributed by atoms with van der Waals surface area (Å²) in [5.41, 5.74) is 0. The summed E-state index contributed by atoms with van der Waals surface area (Å²) in [4.78, 5) is 21.3. The molecule has 0 atom stereocenters. The number of carboxylic acids is 1. The third kappa shape index (κ3) is 63.0. The maximum absolute atomic E-state index is 11.1. The number of carboxylic acid groups (broad SMARTS) is 1. The van der Waals surface area contributed by atoms with Crippen LogP contribution >= 0.6 is 0 Å². The molecule has 170 valence electrons. The van der Waals surface area contributed by atoms with Gasteiger partial charge in [0.2, 0.25) is 0 Å². The van der Waals surface area contributed by atoms with E-state index >= 15 is 0 Å². The number of rotatable bonds is 13. The number of aliphatic carboxylic acids is 1. The minimum absolute atomic E-state index is 0.0720. The van der Waals surface area contributed by atoms with Gasteiger partial charge in [-0.25, -0.2) is 0 Å². The maximum atomic E-state index is 11.1. The Morgan fingerprint density at radius 3 is 1.60 bits per heavy atom. The number of hydrogen-bond acceptors (Lipinski definition) is 3. The average Bonchev–Trinajstić information content (AvgIpc) is 2.55. The number of carbonyl (C=O) groups excluding carboxylic acids is 1. The molecule has 0 saturated heterocycles. The first-order valence-corrected chi connectivity index (χ1v) is 16.9. The van der Waals surface area contributed by atoms with E-state index in [4.69, 9.17) is 9.84 Å². The number of hydrogen-bond donors (Lipinski definition) is 1. The van der Waals surface area contributed by atoms with E-state index in [9.17, 15) is 9.59 Å². The summed E-state index contributed by atoms with van der Waals surface area (Å²) >= 11 is 1.91. The quantitative estimate of drug-likeness (QED) is 0.0891. The van der Waals surface area contributed by atoms with Crippen LogP contribution in [-0.4, -0.2) is 17.0 Å². The standard InChI is InChI=1S/C16H28O4.2C4H9.2Hg/c1-2-3-4-5-6-7-8-9-10-11-14-20-16(19)13-12-15(17)18;2*1-4(2)3;;/h11,14H,2-10,12-13H2,1H3,(H,17,18);2*1-3H3;;. The molecule has 0 rings (SSSR count). The van der Waals surface area contributed by atoms with E-state index in [0.717, 1.165) is 65.1 Å². The Morgan fingerprint density at radius 1 is 0.800 bits per heavy atom. The molecule has 30 heavy (non-hydrogen) atoms. The summed E-state index contributed by atoms with van der Waals surface area (Å²) in [6.45, 7) is 15.9.